The second-order valence-corrected chi connectivity index (χ2v) is 5.02. The number of nitrogens with two attached hydrogens (primary N) is 1. The summed E-state index contributed by atoms with van der Waals surface area (Å²) in [5.41, 5.74) is 5.95. The zero-order valence-corrected chi connectivity index (χ0v) is 8.63. The summed E-state index contributed by atoms with van der Waals surface area (Å²) in [5, 5.41) is 3.64. The molecule has 2 rings (SSSR count). The molecule has 0 bridgehead atoms. The molecule has 2 fully saturated rings. The van der Waals surface area contributed by atoms with E-state index in [4.69, 9.17) is 5.73 Å². The van der Waals surface area contributed by atoms with Gasteiger partial charge in [-0.2, -0.15) is 0 Å². The Morgan fingerprint density at radius 1 is 1.31 bits per heavy atom. The first-order valence-corrected chi connectivity index (χ1v) is 5.74. The molecule has 0 aromatic rings. The Labute approximate surface area is 81.3 Å². The van der Waals surface area contributed by atoms with Crippen LogP contribution < -0.4 is 11.1 Å². The molecular formula is C11H22N2. The highest BCUT2D eigenvalue weighted by Gasteiger charge is 2.32. The standard InChI is InChI=1S/C11H22N2/c1-8-5-11(8)13-7-9-3-2-4-10(12)6-9/h8-11,13H,2-7,12H2,1H3. The van der Waals surface area contributed by atoms with Crippen molar-refractivity contribution < 1.29 is 0 Å². The maximum Gasteiger partial charge on any atom is 0.00965 e. The van der Waals surface area contributed by atoms with Crippen molar-refractivity contribution in [2.45, 2.75) is 51.1 Å². The van der Waals surface area contributed by atoms with Gasteiger partial charge in [-0.15, -0.1) is 0 Å². The van der Waals surface area contributed by atoms with Crippen LogP contribution in [0.3, 0.4) is 0 Å². The molecule has 4 unspecified atom stereocenters. The monoisotopic (exact) mass is 182 g/mol. The Morgan fingerprint density at radius 3 is 2.69 bits per heavy atom. The predicted molar refractivity (Wildman–Crippen MR) is 55.5 cm³/mol. The Morgan fingerprint density at radius 2 is 2.08 bits per heavy atom. The van der Waals surface area contributed by atoms with E-state index in [-0.39, 0.29) is 0 Å². The minimum Gasteiger partial charge on any atom is -0.328 e. The molecule has 0 aliphatic heterocycles. The number of hydrogen-bond acceptors (Lipinski definition) is 2. The molecule has 0 aromatic carbocycles. The van der Waals surface area contributed by atoms with Gasteiger partial charge in [0.25, 0.3) is 0 Å². The zero-order chi connectivity index (χ0) is 9.26. The lowest BCUT2D eigenvalue weighted by Crippen LogP contribution is -2.34. The van der Waals surface area contributed by atoms with Gasteiger partial charge in [0.2, 0.25) is 0 Å². The van der Waals surface area contributed by atoms with Crippen LogP contribution in [-0.4, -0.2) is 18.6 Å². The van der Waals surface area contributed by atoms with Gasteiger partial charge >= 0.3 is 0 Å². The third-order valence-corrected chi connectivity index (χ3v) is 3.60. The molecule has 0 amide bonds. The molecule has 2 heteroatoms. The fourth-order valence-corrected chi connectivity index (χ4v) is 2.44. The number of hydrogen-bond donors (Lipinski definition) is 2. The Bertz CT molecular complexity index is 169. The summed E-state index contributed by atoms with van der Waals surface area (Å²) in [6.07, 6.45) is 6.61. The van der Waals surface area contributed by atoms with Gasteiger partial charge in [0.05, 0.1) is 0 Å². The third kappa shape index (κ3) is 2.68. The topological polar surface area (TPSA) is 38.0 Å². The van der Waals surface area contributed by atoms with E-state index in [1.165, 1.54) is 38.6 Å². The van der Waals surface area contributed by atoms with Gasteiger partial charge in [-0.05, 0) is 44.1 Å². The van der Waals surface area contributed by atoms with E-state index < -0.39 is 0 Å². The minimum atomic E-state index is 0.483. The maximum absolute atomic E-state index is 5.95. The lowest BCUT2D eigenvalue weighted by molar-refractivity contribution is 0.309. The SMILES string of the molecule is CC1CC1NCC1CCCC(N)C1. The van der Waals surface area contributed by atoms with Gasteiger partial charge in [-0.25, -0.2) is 0 Å². The quantitative estimate of drug-likeness (QED) is 0.694. The summed E-state index contributed by atoms with van der Waals surface area (Å²) in [5.74, 6) is 1.79. The highest BCUT2D eigenvalue weighted by atomic mass is 15.0. The smallest absolute Gasteiger partial charge is 0.00965 e. The van der Waals surface area contributed by atoms with Crippen LogP contribution in [0.2, 0.25) is 0 Å². The molecule has 0 spiro atoms. The average molecular weight is 182 g/mol. The van der Waals surface area contributed by atoms with Crippen molar-refractivity contribution in [3.8, 4) is 0 Å². The van der Waals surface area contributed by atoms with Crippen molar-refractivity contribution in [1.29, 1.82) is 0 Å². The molecule has 2 nitrogen and oxygen atoms in total. The molecule has 0 saturated heterocycles. The summed E-state index contributed by atoms with van der Waals surface area (Å²) >= 11 is 0. The zero-order valence-electron chi connectivity index (χ0n) is 8.63. The summed E-state index contributed by atoms with van der Waals surface area (Å²) in [4.78, 5) is 0. The first-order chi connectivity index (χ1) is 6.25. The van der Waals surface area contributed by atoms with Crippen LogP contribution in [0, 0.1) is 11.8 Å². The van der Waals surface area contributed by atoms with E-state index in [1.54, 1.807) is 0 Å². The summed E-state index contributed by atoms with van der Waals surface area (Å²) in [6, 6.07) is 1.32. The van der Waals surface area contributed by atoms with Crippen LogP contribution in [0.15, 0.2) is 0 Å². The largest absolute Gasteiger partial charge is 0.328 e. The molecule has 76 valence electrons. The molecule has 0 heterocycles. The van der Waals surface area contributed by atoms with E-state index in [1.807, 2.05) is 0 Å². The van der Waals surface area contributed by atoms with Gasteiger partial charge in [0.1, 0.15) is 0 Å². The van der Waals surface area contributed by atoms with Crippen molar-refractivity contribution >= 4 is 0 Å². The van der Waals surface area contributed by atoms with Crippen molar-refractivity contribution in [1.82, 2.24) is 5.32 Å². The second-order valence-electron chi connectivity index (χ2n) is 5.02. The third-order valence-electron chi connectivity index (χ3n) is 3.60. The molecule has 0 radical (unpaired) electrons. The van der Waals surface area contributed by atoms with E-state index >= 15 is 0 Å². The molecule has 2 aliphatic rings. The van der Waals surface area contributed by atoms with Crippen LogP contribution >= 0.6 is 0 Å². The highest BCUT2D eigenvalue weighted by molar-refractivity contribution is 4.90. The van der Waals surface area contributed by atoms with E-state index in [0.717, 1.165) is 17.9 Å². The normalized spacial score (nSPS) is 44.8. The van der Waals surface area contributed by atoms with Crippen LogP contribution in [0.25, 0.3) is 0 Å². The average Bonchev–Trinajstić information content (AvgIpc) is 2.79. The van der Waals surface area contributed by atoms with Gasteiger partial charge in [-0.3, -0.25) is 0 Å². The minimum absolute atomic E-state index is 0.483. The first-order valence-electron chi connectivity index (χ1n) is 5.74. The van der Waals surface area contributed by atoms with Crippen molar-refractivity contribution in [3.63, 3.8) is 0 Å². The van der Waals surface area contributed by atoms with Gasteiger partial charge in [-0.1, -0.05) is 13.3 Å². The number of nitrogens with one attached hydrogen (secondary N) is 1. The summed E-state index contributed by atoms with van der Waals surface area (Å²) in [6.45, 7) is 3.53. The highest BCUT2D eigenvalue weighted by Crippen LogP contribution is 2.30. The fraction of sp³-hybridized carbons (Fsp3) is 1.00. The lowest BCUT2D eigenvalue weighted by atomic mass is 9.86. The van der Waals surface area contributed by atoms with Crippen molar-refractivity contribution in [2.24, 2.45) is 17.6 Å². The molecule has 2 saturated carbocycles. The second kappa shape index (κ2) is 3.97. The molecule has 3 N–H and O–H groups in total. The first kappa shape index (κ1) is 9.47. The Kier molecular flexibility index (Phi) is 2.89. The summed E-state index contributed by atoms with van der Waals surface area (Å²) < 4.78 is 0. The number of rotatable bonds is 3. The molecule has 2 aliphatic carbocycles. The predicted octanol–water partition coefficient (Wildman–Crippen LogP) is 1.50. The van der Waals surface area contributed by atoms with Crippen LogP contribution in [0.4, 0.5) is 0 Å². The van der Waals surface area contributed by atoms with E-state index in [9.17, 15) is 0 Å². The molecule has 4 atom stereocenters. The van der Waals surface area contributed by atoms with E-state index in [2.05, 4.69) is 12.2 Å². The lowest BCUT2D eigenvalue weighted by Gasteiger charge is -2.26. The summed E-state index contributed by atoms with van der Waals surface area (Å²) in [7, 11) is 0. The van der Waals surface area contributed by atoms with Gasteiger partial charge in [0, 0.05) is 12.1 Å². The van der Waals surface area contributed by atoms with Crippen LogP contribution in [-0.2, 0) is 0 Å². The molecule has 13 heavy (non-hydrogen) atoms. The Hall–Kier alpha value is -0.0800. The Balaban J connectivity index is 1.63. The molecular weight excluding hydrogens is 160 g/mol. The molecule has 0 aromatic heterocycles. The van der Waals surface area contributed by atoms with Crippen LogP contribution in [0.5, 0.6) is 0 Å². The fourth-order valence-electron chi connectivity index (χ4n) is 2.44. The van der Waals surface area contributed by atoms with Gasteiger partial charge in [0.15, 0.2) is 0 Å². The van der Waals surface area contributed by atoms with Crippen LogP contribution in [0.1, 0.15) is 39.0 Å². The maximum atomic E-state index is 5.95. The van der Waals surface area contributed by atoms with E-state index in [0.29, 0.717) is 6.04 Å². The van der Waals surface area contributed by atoms with Crippen molar-refractivity contribution in [3.05, 3.63) is 0 Å². The van der Waals surface area contributed by atoms with Crippen molar-refractivity contribution in [2.75, 3.05) is 6.54 Å². The van der Waals surface area contributed by atoms with Gasteiger partial charge < -0.3 is 11.1 Å².